The van der Waals surface area contributed by atoms with Crippen LogP contribution >= 0.6 is 0 Å². The molecule has 0 fully saturated rings. The highest BCUT2D eigenvalue weighted by atomic mass is 16.5. The Kier molecular flexibility index (Phi) is 4.03. The van der Waals surface area contributed by atoms with Crippen molar-refractivity contribution in [3.63, 3.8) is 0 Å². The Morgan fingerprint density at radius 1 is 1.50 bits per heavy atom. The largest absolute Gasteiger partial charge is 0.492 e. The molecule has 0 aliphatic carbocycles. The molecule has 1 aromatic rings. The van der Waals surface area contributed by atoms with Crippen molar-refractivity contribution in [1.29, 1.82) is 0 Å². The van der Waals surface area contributed by atoms with E-state index in [9.17, 15) is 0 Å². The molecule has 0 bridgehead atoms. The number of rotatable bonds is 4. The summed E-state index contributed by atoms with van der Waals surface area (Å²) in [5, 5.41) is 0. The Labute approximate surface area is 85.1 Å². The van der Waals surface area contributed by atoms with Crippen molar-refractivity contribution in [2.24, 2.45) is 5.73 Å². The molecule has 0 aromatic heterocycles. The monoisotopic (exact) mass is 189 g/mol. The van der Waals surface area contributed by atoms with Gasteiger partial charge >= 0.3 is 0 Å². The van der Waals surface area contributed by atoms with E-state index >= 15 is 0 Å². The van der Waals surface area contributed by atoms with Gasteiger partial charge in [0.15, 0.2) is 0 Å². The van der Waals surface area contributed by atoms with E-state index in [4.69, 9.17) is 16.9 Å². The SMILES string of the molecule is C#CCCOc1ccccc1C(C)N. The molecule has 0 aliphatic heterocycles. The first-order chi connectivity index (χ1) is 6.75. The minimum atomic E-state index is -0.0166. The highest BCUT2D eigenvalue weighted by Crippen LogP contribution is 2.22. The second-order valence-electron chi connectivity index (χ2n) is 3.13. The van der Waals surface area contributed by atoms with E-state index in [-0.39, 0.29) is 6.04 Å². The summed E-state index contributed by atoms with van der Waals surface area (Å²) in [5.41, 5.74) is 6.82. The molecular weight excluding hydrogens is 174 g/mol. The van der Waals surface area contributed by atoms with Gasteiger partial charge in [-0.05, 0) is 13.0 Å². The van der Waals surface area contributed by atoms with Crippen LogP contribution < -0.4 is 10.5 Å². The maximum Gasteiger partial charge on any atom is 0.124 e. The maximum atomic E-state index is 5.80. The average molecular weight is 189 g/mol. The van der Waals surface area contributed by atoms with Crippen LogP contribution in [0.3, 0.4) is 0 Å². The predicted octanol–water partition coefficient (Wildman–Crippen LogP) is 2.11. The molecule has 1 unspecified atom stereocenters. The molecule has 1 aromatic carbocycles. The van der Waals surface area contributed by atoms with Gasteiger partial charge in [-0.25, -0.2) is 0 Å². The van der Waals surface area contributed by atoms with Crippen LogP contribution in [0.15, 0.2) is 24.3 Å². The van der Waals surface area contributed by atoms with Gasteiger partial charge in [0.05, 0.1) is 6.61 Å². The second-order valence-corrected chi connectivity index (χ2v) is 3.13. The number of benzene rings is 1. The summed E-state index contributed by atoms with van der Waals surface area (Å²) in [4.78, 5) is 0. The summed E-state index contributed by atoms with van der Waals surface area (Å²) < 4.78 is 5.52. The van der Waals surface area contributed by atoms with Gasteiger partial charge in [0, 0.05) is 18.0 Å². The van der Waals surface area contributed by atoms with E-state index in [2.05, 4.69) is 5.92 Å². The average Bonchev–Trinajstić information content (AvgIpc) is 2.19. The van der Waals surface area contributed by atoms with Gasteiger partial charge in [0.1, 0.15) is 5.75 Å². The van der Waals surface area contributed by atoms with E-state index in [1.807, 2.05) is 31.2 Å². The molecule has 0 amide bonds. The van der Waals surface area contributed by atoms with Crippen LogP contribution in [-0.4, -0.2) is 6.61 Å². The smallest absolute Gasteiger partial charge is 0.124 e. The molecule has 0 aliphatic rings. The predicted molar refractivity (Wildman–Crippen MR) is 58.0 cm³/mol. The molecule has 2 N–H and O–H groups in total. The van der Waals surface area contributed by atoms with Crippen molar-refractivity contribution in [1.82, 2.24) is 0 Å². The summed E-state index contributed by atoms with van der Waals surface area (Å²) in [7, 11) is 0. The van der Waals surface area contributed by atoms with Crippen molar-refractivity contribution in [3.8, 4) is 18.1 Å². The fraction of sp³-hybridized carbons (Fsp3) is 0.333. The van der Waals surface area contributed by atoms with Crippen LogP contribution in [0.1, 0.15) is 24.9 Å². The highest BCUT2D eigenvalue weighted by molar-refractivity contribution is 5.35. The molecule has 0 heterocycles. The molecule has 0 spiro atoms. The first kappa shape index (κ1) is 10.6. The summed E-state index contributed by atoms with van der Waals surface area (Å²) in [6.07, 6.45) is 5.75. The van der Waals surface area contributed by atoms with Crippen molar-refractivity contribution >= 4 is 0 Å². The Balaban J connectivity index is 2.70. The Morgan fingerprint density at radius 2 is 2.21 bits per heavy atom. The van der Waals surface area contributed by atoms with Crippen LogP contribution in [0.25, 0.3) is 0 Å². The van der Waals surface area contributed by atoms with E-state index in [1.165, 1.54) is 0 Å². The molecule has 14 heavy (non-hydrogen) atoms. The zero-order chi connectivity index (χ0) is 10.4. The van der Waals surface area contributed by atoms with Crippen molar-refractivity contribution in [3.05, 3.63) is 29.8 Å². The Hall–Kier alpha value is -1.46. The lowest BCUT2D eigenvalue weighted by atomic mass is 10.1. The van der Waals surface area contributed by atoms with Crippen LogP contribution in [0.4, 0.5) is 0 Å². The van der Waals surface area contributed by atoms with Crippen molar-refractivity contribution in [2.45, 2.75) is 19.4 Å². The lowest BCUT2D eigenvalue weighted by Crippen LogP contribution is -2.08. The normalized spacial score (nSPS) is 11.8. The molecule has 1 rings (SSSR count). The van der Waals surface area contributed by atoms with Crippen LogP contribution in [0.2, 0.25) is 0 Å². The first-order valence-corrected chi connectivity index (χ1v) is 4.66. The number of hydrogen-bond acceptors (Lipinski definition) is 2. The maximum absolute atomic E-state index is 5.80. The van der Waals surface area contributed by atoms with E-state index < -0.39 is 0 Å². The number of ether oxygens (including phenoxy) is 1. The van der Waals surface area contributed by atoms with Gasteiger partial charge in [0.2, 0.25) is 0 Å². The minimum absolute atomic E-state index is 0.0166. The third-order valence-corrected chi connectivity index (χ3v) is 1.91. The Morgan fingerprint density at radius 3 is 2.86 bits per heavy atom. The molecule has 74 valence electrons. The van der Waals surface area contributed by atoms with Gasteiger partial charge in [-0.1, -0.05) is 18.2 Å². The lowest BCUT2D eigenvalue weighted by Gasteiger charge is -2.12. The molecule has 0 saturated carbocycles. The molecule has 0 radical (unpaired) electrons. The Bertz CT molecular complexity index is 325. The molecular formula is C12H15NO. The van der Waals surface area contributed by atoms with Gasteiger partial charge in [-0.3, -0.25) is 0 Å². The summed E-state index contributed by atoms with van der Waals surface area (Å²) >= 11 is 0. The summed E-state index contributed by atoms with van der Waals surface area (Å²) in [6, 6.07) is 7.74. The highest BCUT2D eigenvalue weighted by Gasteiger charge is 2.05. The zero-order valence-electron chi connectivity index (χ0n) is 8.36. The lowest BCUT2D eigenvalue weighted by molar-refractivity contribution is 0.322. The zero-order valence-corrected chi connectivity index (χ0v) is 8.36. The van der Waals surface area contributed by atoms with Gasteiger partial charge in [0.25, 0.3) is 0 Å². The van der Waals surface area contributed by atoms with Crippen LogP contribution in [-0.2, 0) is 0 Å². The van der Waals surface area contributed by atoms with Gasteiger partial charge in [-0.15, -0.1) is 12.3 Å². The van der Waals surface area contributed by atoms with Gasteiger partial charge in [-0.2, -0.15) is 0 Å². The molecule has 1 atom stereocenters. The molecule has 0 saturated heterocycles. The topological polar surface area (TPSA) is 35.2 Å². The standard InChI is InChI=1S/C12H15NO/c1-3-4-9-14-12-8-6-5-7-11(12)10(2)13/h1,5-8,10H,4,9,13H2,2H3. The first-order valence-electron chi connectivity index (χ1n) is 4.66. The van der Waals surface area contributed by atoms with Crippen molar-refractivity contribution < 1.29 is 4.74 Å². The molecule has 2 nitrogen and oxygen atoms in total. The number of hydrogen-bond donors (Lipinski definition) is 1. The van der Waals surface area contributed by atoms with E-state index in [0.29, 0.717) is 13.0 Å². The van der Waals surface area contributed by atoms with Gasteiger partial charge < -0.3 is 10.5 Å². The summed E-state index contributed by atoms with van der Waals surface area (Å²) in [6.45, 7) is 2.48. The van der Waals surface area contributed by atoms with E-state index in [1.54, 1.807) is 0 Å². The number of terminal acetylenes is 1. The minimum Gasteiger partial charge on any atom is -0.492 e. The summed E-state index contributed by atoms with van der Waals surface area (Å²) in [5.74, 6) is 3.36. The number of nitrogens with two attached hydrogens (primary N) is 1. The van der Waals surface area contributed by atoms with Crippen molar-refractivity contribution in [2.75, 3.05) is 6.61 Å². The van der Waals surface area contributed by atoms with Crippen LogP contribution in [0, 0.1) is 12.3 Å². The third-order valence-electron chi connectivity index (χ3n) is 1.91. The fourth-order valence-electron chi connectivity index (χ4n) is 1.21. The van der Waals surface area contributed by atoms with Crippen LogP contribution in [0.5, 0.6) is 5.75 Å². The number of para-hydroxylation sites is 1. The van der Waals surface area contributed by atoms with E-state index in [0.717, 1.165) is 11.3 Å². The fourth-order valence-corrected chi connectivity index (χ4v) is 1.21. The third kappa shape index (κ3) is 2.79. The quantitative estimate of drug-likeness (QED) is 0.581. The second kappa shape index (κ2) is 5.31. The molecule has 2 heteroatoms.